The summed E-state index contributed by atoms with van der Waals surface area (Å²) in [7, 11) is -3.72. The highest BCUT2D eigenvalue weighted by molar-refractivity contribution is 7.89. The Labute approximate surface area is 143 Å². The van der Waals surface area contributed by atoms with Gasteiger partial charge in [-0.05, 0) is 25.0 Å². The Morgan fingerprint density at radius 2 is 1.96 bits per heavy atom. The fourth-order valence-electron chi connectivity index (χ4n) is 2.79. The first kappa shape index (κ1) is 18.4. The molecule has 24 heavy (non-hydrogen) atoms. The summed E-state index contributed by atoms with van der Waals surface area (Å²) in [5, 5.41) is 9.15. The van der Waals surface area contributed by atoms with Gasteiger partial charge in [0, 0.05) is 32.6 Å². The van der Waals surface area contributed by atoms with E-state index in [9.17, 15) is 13.2 Å². The van der Waals surface area contributed by atoms with E-state index in [2.05, 4.69) is 0 Å². The minimum atomic E-state index is -3.72. The molecule has 0 spiro atoms. The summed E-state index contributed by atoms with van der Waals surface area (Å²) in [5.74, 6) is 0.0912. The Balaban J connectivity index is 2.13. The molecule has 0 bridgehead atoms. The second-order valence-electron chi connectivity index (χ2n) is 5.85. The van der Waals surface area contributed by atoms with Crippen LogP contribution in [0.4, 0.5) is 0 Å². The Morgan fingerprint density at radius 3 is 2.67 bits per heavy atom. The number of rotatable bonds is 5. The van der Waals surface area contributed by atoms with Crippen LogP contribution in [-0.4, -0.2) is 49.7 Å². The van der Waals surface area contributed by atoms with Gasteiger partial charge in [-0.1, -0.05) is 25.5 Å². The van der Waals surface area contributed by atoms with Crippen molar-refractivity contribution >= 4 is 15.9 Å². The zero-order chi connectivity index (χ0) is 17.6. The number of unbranched alkanes of at least 4 members (excludes halogenated alkanes) is 1. The molecular formula is C17H23N3O3S. The fraction of sp³-hybridized carbons (Fsp3) is 0.529. The Kier molecular flexibility index (Phi) is 6.35. The van der Waals surface area contributed by atoms with E-state index in [0.29, 0.717) is 32.5 Å². The lowest BCUT2D eigenvalue weighted by Gasteiger charge is -2.22. The van der Waals surface area contributed by atoms with Gasteiger partial charge in [-0.25, -0.2) is 8.42 Å². The molecule has 0 saturated carbocycles. The first-order chi connectivity index (χ1) is 11.5. The van der Waals surface area contributed by atoms with E-state index >= 15 is 0 Å². The molecule has 130 valence electrons. The van der Waals surface area contributed by atoms with E-state index in [1.165, 1.54) is 16.4 Å². The van der Waals surface area contributed by atoms with Gasteiger partial charge in [-0.2, -0.15) is 9.57 Å². The molecule has 0 unspecified atom stereocenters. The van der Waals surface area contributed by atoms with E-state index < -0.39 is 10.0 Å². The number of nitriles is 1. The largest absolute Gasteiger partial charge is 0.341 e. The molecule has 1 fully saturated rings. The SMILES string of the molecule is CCCCC(=O)N1CCCN(S(=O)(=O)c2ccccc2C#N)CC1. The van der Waals surface area contributed by atoms with Gasteiger partial charge in [0.1, 0.15) is 6.07 Å². The van der Waals surface area contributed by atoms with Crippen molar-refractivity contribution in [3.05, 3.63) is 29.8 Å². The van der Waals surface area contributed by atoms with Crippen LogP contribution in [0.3, 0.4) is 0 Å². The topological polar surface area (TPSA) is 81.5 Å². The third-order valence-corrected chi connectivity index (χ3v) is 6.13. The summed E-state index contributed by atoms with van der Waals surface area (Å²) in [5.41, 5.74) is 0.151. The van der Waals surface area contributed by atoms with Crippen LogP contribution in [0, 0.1) is 11.3 Å². The summed E-state index contributed by atoms with van der Waals surface area (Å²) in [6.07, 6.45) is 2.93. The van der Waals surface area contributed by atoms with Crippen LogP contribution < -0.4 is 0 Å². The highest BCUT2D eigenvalue weighted by Crippen LogP contribution is 2.21. The molecule has 2 rings (SSSR count). The molecule has 0 radical (unpaired) electrons. The van der Waals surface area contributed by atoms with Crippen LogP contribution in [0.15, 0.2) is 29.2 Å². The molecule has 6 nitrogen and oxygen atoms in total. The van der Waals surface area contributed by atoms with Crippen LogP contribution in [0.2, 0.25) is 0 Å². The molecule has 1 amide bonds. The van der Waals surface area contributed by atoms with E-state index in [-0.39, 0.29) is 22.9 Å². The van der Waals surface area contributed by atoms with Gasteiger partial charge >= 0.3 is 0 Å². The van der Waals surface area contributed by atoms with Gasteiger partial charge in [0.05, 0.1) is 10.5 Å². The van der Waals surface area contributed by atoms with E-state index in [1.54, 1.807) is 17.0 Å². The summed E-state index contributed by atoms with van der Waals surface area (Å²) in [4.78, 5) is 13.9. The smallest absolute Gasteiger partial charge is 0.244 e. The number of benzene rings is 1. The third kappa shape index (κ3) is 4.13. The van der Waals surface area contributed by atoms with Crippen LogP contribution in [0.1, 0.15) is 38.2 Å². The average Bonchev–Trinajstić information content (AvgIpc) is 2.86. The Bertz CT molecular complexity index is 725. The van der Waals surface area contributed by atoms with Crippen LogP contribution in [0.25, 0.3) is 0 Å². The van der Waals surface area contributed by atoms with Gasteiger partial charge < -0.3 is 4.90 Å². The van der Waals surface area contributed by atoms with Gasteiger partial charge in [-0.15, -0.1) is 0 Å². The second kappa shape index (κ2) is 8.27. The zero-order valence-electron chi connectivity index (χ0n) is 13.9. The highest BCUT2D eigenvalue weighted by atomic mass is 32.2. The van der Waals surface area contributed by atoms with Gasteiger partial charge in [0.25, 0.3) is 0 Å². The molecule has 0 aromatic heterocycles. The molecule has 0 atom stereocenters. The predicted molar refractivity (Wildman–Crippen MR) is 90.6 cm³/mol. The van der Waals surface area contributed by atoms with Crippen LogP contribution >= 0.6 is 0 Å². The lowest BCUT2D eigenvalue weighted by molar-refractivity contribution is -0.131. The summed E-state index contributed by atoms with van der Waals surface area (Å²) in [6, 6.07) is 8.17. The zero-order valence-corrected chi connectivity index (χ0v) is 14.8. The summed E-state index contributed by atoms with van der Waals surface area (Å²) < 4.78 is 27.1. The van der Waals surface area contributed by atoms with Gasteiger partial charge in [-0.3, -0.25) is 4.79 Å². The normalized spacial score (nSPS) is 16.4. The first-order valence-electron chi connectivity index (χ1n) is 8.27. The maximum absolute atomic E-state index is 12.8. The number of sulfonamides is 1. The minimum Gasteiger partial charge on any atom is -0.341 e. The third-order valence-electron chi connectivity index (χ3n) is 4.18. The Morgan fingerprint density at radius 1 is 1.21 bits per heavy atom. The van der Waals surface area contributed by atoms with Crippen molar-refractivity contribution < 1.29 is 13.2 Å². The lowest BCUT2D eigenvalue weighted by Crippen LogP contribution is -2.37. The molecule has 1 aromatic carbocycles. The van der Waals surface area contributed by atoms with Crippen molar-refractivity contribution in [2.45, 2.75) is 37.5 Å². The second-order valence-corrected chi connectivity index (χ2v) is 7.76. The molecule has 1 aliphatic rings. The maximum atomic E-state index is 12.8. The van der Waals surface area contributed by atoms with Crippen molar-refractivity contribution in [2.24, 2.45) is 0 Å². The van der Waals surface area contributed by atoms with Crippen molar-refractivity contribution in [1.82, 2.24) is 9.21 Å². The van der Waals surface area contributed by atoms with E-state index in [0.717, 1.165) is 12.8 Å². The summed E-state index contributed by atoms with van der Waals surface area (Å²) in [6.45, 7) is 3.64. The average molecular weight is 349 g/mol. The van der Waals surface area contributed by atoms with E-state index in [4.69, 9.17) is 5.26 Å². The van der Waals surface area contributed by atoms with Crippen molar-refractivity contribution in [1.29, 1.82) is 5.26 Å². The quantitative estimate of drug-likeness (QED) is 0.814. The maximum Gasteiger partial charge on any atom is 0.244 e. The number of hydrogen-bond acceptors (Lipinski definition) is 4. The summed E-state index contributed by atoms with van der Waals surface area (Å²) >= 11 is 0. The lowest BCUT2D eigenvalue weighted by atomic mass is 10.2. The van der Waals surface area contributed by atoms with Crippen LogP contribution in [0.5, 0.6) is 0 Å². The minimum absolute atomic E-state index is 0.0401. The fourth-order valence-corrected chi connectivity index (χ4v) is 4.40. The van der Waals surface area contributed by atoms with Gasteiger partial charge in [0.2, 0.25) is 15.9 Å². The van der Waals surface area contributed by atoms with Crippen molar-refractivity contribution in [3.8, 4) is 6.07 Å². The highest BCUT2D eigenvalue weighted by Gasteiger charge is 2.29. The number of nitrogens with zero attached hydrogens (tertiary/aromatic N) is 3. The van der Waals surface area contributed by atoms with Gasteiger partial charge in [0.15, 0.2) is 0 Å². The molecule has 0 N–H and O–H groups in total. The van der Waals surface area contributed by atoms with Crippen molar-refractivity contribution in [2.75, 3.05) is 26.2 Å². The van der Waals surface area contributed by atoms with Crippen LogP contribution in [-0.2, 0) is 14.8 Å². The molecule has 1 heterocycles. The van der Waals surface area contributed by atoms with Crippen molar-refractivity contribution in [3.63, 3.8) is 0 Å². The number of hydrogen-bond donors (Lipinski definition) is 0. The predicted octanol–water partition coefficient (Wildman–Crippen LogP) is 1.97. The molecule has 1 saturated heterocycles. The molecule has 1 aromatic rings. The molecular weight excluding hydrogens is 326 g/mol. The molecule has 1 aliphatic heterocycles. The number of carbonyl (C=O) groups is 1. The number of amides is 1. The molecule has 7 heteroatoms. The van der Waals surface area contributed by atoms with E-state index in [1.807, 2.05) is 13.0 Å². The number of carbonyl (C=O) groups excluding carboxylic acids is 1. The Hall–Kier alpha value is -1.91. The first-order valence-corrected chi connectivity index (χ1v) is 9.71. The molecule has 0 aliphatic carbocycles. The standard InChI is InChI=1S/C17H23N3O3S/c1-2-3-9-17(21)19-10-6-11-20(13-12-19)24(22,23)16-8-5-4-7-15(16)14-18/h4-5,7-8H,2-3,6,9-13H2,1H3. The monoisotopic (exact) mass is 349 g/mol.